The van der Waals surface area contributed by atoms with Gasteiger partial charge in [0, 0.05) is 36.6 Å². The highest BCUT2D eigenvalue weighted by Gasteiger charge is 2.25. The van der Waals surface area contributed by atoms with Crippen molar-refractivity contribution in [2.75, 3.05) is 24.2 Å². The molecule has 3 amide bonds. The number of aromatic nitrogens is 2. The Bertz CT molecular complexity index is 1070. The lowest BCUT2D eigenvalue weighted by Gasteiger charge is -2.28. The maximum absolute atomic E-state index is 12.2. The Morgan fingerprint density at radius 3 is 2.64 bits per heavy atom. The van der Waals surface area contributed by atoms with Gasteiger partial charge in [-0.05, 0) is 49.6 Å². The molecule has 0 unspecified atom stereocenters. The number of benzene rings is 1. The van der Waals surface area contributed by atoms with Crippen molar-refractivity contribution in [2.24, 2.45) is 5.41 Å². The average Bonchev–Trinajstić information content (AvgIpc) is 3.17. The first-order valence-electron chi connectivity index (χ1n) is 11.9. The molecule has 0 saturated heterocycles. The van der Waals surface area contributed by atoms with E-state index in [9.17, 15) is 19.5 Å². The van der Waals surface area contributed by atoms with Crippen LogP contribution in [-0.4, -0.2) is 57.5 Å². The van der Waals surface area contributed by atoms with E-state index in [2.05, 4.69) is 32.8 Å². The van der Waals surface area contributed by atoms with E-state index < -0.39 is 17.1 Å². The monoisotopic (exact) mass is 519 g/mol. The Hall–Kier alpha value is -2.89. The van der Waals surface area contributed by atoms with Gasteiger partial charge in [0.05, 0.1) is 17.6 Å². The van der Waals surface area contributed by atoms with Gasteiger partial charge in [-0.15, -0.1) is 11.8 Å². The molecule has 0 aliphatic rings. The number of aromatic amines is 1. The van der Waals surface area contributed by atoms with Crippen LogP contribution in [0.25, 0.3) is 11.0 Å². The molecule has 0 aliphatic carbocycles. The van der Waals surface area contributed by atoms with Crippen LogP contribution >= 0.6 is 11.8 Å². The van der Waals surface area contributed by atoms with E-state index in [1.54, 1.807) is 11.8 Å². The lowest BCUT2D eigenvalue weighted by molar-refractivity contribution is -0.192. The Labute approximate surface area is 216 Å². The summed E-state index contributed by atoms with van der Waals surface area (Å²) in [7, 11) is 0. The SMILES string of the molecule is CCCSc1ccc2nc(NC(=O)CCNC(=O)/C=C/NC(=O)CC(C)(C)COC(C)(C)O)[nH]c2c1. The minimum Gasteiger partial charge on any atom is -0.366 e. The summed E-state index contributed by atoms with van der Waals surface area (Å²) in [6, 6.07) is 5.93. The van der Waals surface area contributed by atoms with E-state index in [0.29, 0.717) is 5.95 Å². The number of hydrogen-bond acceptors (Lipinski definition) is 7. The molecule has 1 aromatic heterocycles. The number of nitrogens with one attached hydrogen (secondary N) is 4. The van der Waals surface area contributed by atoms with Crippen LogP contribution in [0.3, 0.4) is 0 Å². The summed E-state index contributed by atoms with van der Waals surface area (Å²) in [6.07, 6.45) is 3.74. The highest BCUT2D eigenvalue weighted by molar-refractivity contribution is 7.99. The minimum atomic E-state index is -1.27. The van der Waals surface area contributed by atoms with E-state index in [-0.39, 0.29) is 37.8 Å². The smallest absolute Gasteiger partial charge is 0.245 e. The maximum Gasteiger partial charge on any atom is 0.245 e. The molecule has 2 aromatic rings. The fourth-order valence-electron chi connectivity index (χ4n) is 3.03. The number of aliphatic hydroxyl groups is 1. The molecule has 0 bridgehead atoms. The summed E-state index contributed by atoms with van der Waals surface area (Å²) in [5, 5.41) is 17.5. The lowest BCUT2D eigenvalue weighted by atomic mass is 9.90. The van der Waals surface area contributed by atoms with Crippen LogP contribution < -0.4 is 16.0 Å². The number of rotatable bonds is 14. The van der Waals surface area contributed by atoms with Gasteiger partial charge in [-0.2, -0.15) is 0 Å². The maximum atomic E-state index is 12.2. The number of fused-ring (bicyclic) bond motifs is 1. The number of imidazole rings is 1. The van der Waals surface area contributed by atoms with Crippen molar-refractivity contribution in [1.29, 1.82) is 0 Å². The molecule has 0 spiro atoms. The van der Waals surface area contributed by atoms with Gasteiger partial charge in [-0.3, -0.25) is 19.7 Å². The third-order valence-corrected chi connectivity index (χ3v) is 5.97. The fraction of sp³-hybridized carbons (Fsp3) is 0.520. The molecule has 36 heavy (non-hydrogen) atoms. The van der Waals surface area contributed by atoms with Crippen LogP contribution in [0.4, 0.5) is 5.95 Å². The van der Waals surface area contributed by atoms with Crippen LogP contribution in [0, 0.1) is 5.41 Å². The summed E-state index contributed by atoms with van der Waals surface area (Å²) >= 11 is 1.77. The first-order valence-corrected chi connectivity index (χ1v) is 12.9. The summed E-state index contributed by atoms with van der Waals surface area (Å²) in [6.45, 7) is 9.19. The minimum absolute atomic E-state index is 0.0655. The Balaban J connectivity index is 1.69. The second kappa shape index (κ2) is 13.4. The number of ether oxygens (including phenoxy) is 1. The molecule has 0 radical (unpaired) electrons. The number of carbonyl (C=O) groups excluding carboxylic acids is 3. The first-order chi connectivity index (χ1) is 16.9. The molecule has 10 nitrogen and oxygen atoms in total. The molecule has 0 fully saturated rings. The third-order valence-electron chi connectivity index (χ3n) is 4.77. The van der Waals surface area contributed by atoms with Crippen LogP contribution in [0.2, 0.25) is 0 Å². The summed E-state index contributed by atoms with van der Waals surface area (Å²) in [4.78, 5) is 44.8. The molecule has 1 heterocycles. The summed E-state index contributed by atoms with van der Waals surface area (Å²) in [5.41, 5.74) is 1.11. The largest absolute Gasteiger partial charge is 0.366 e. The average molecular weight is 520 g/mol. The summed E-state index contributed by atoms with van der Waals surface area (Å²) in [5.74, 6) is -0.890. The Morgan fingerprint density at radius 2 is 1.94 bits per heavy atom. The van der Waals surface area contributed by atoms with Crippen molar-refractivity contribution in [3.8, 4) is 0 Å². The van der Waals surface area contributed by atoms with Gasteiger partial charge >= 0.3 is 0 Å². The molecule has 198 valence electrons. The van der Waals surface area contributed by atoms with E-state index in [0.717, 1.165) is 28.1 Å². The number of thioether (sulfide) groups is 1. The van der Waals surface area contributed by atoms with Gasteiger partial charge in [0.2, 0.25) is 23.7 Å². The van der Waals surface area contributed by atoms with Crippen LogP contribution in [-0.2, 0) is 19.1 Å². The molecule has 2 rings (SSSR count). The molecule has 11 heteroatoms. The highest BCUT2D eigenvalue weighted by Crippen LogP contribution is 2.24. The highest BCUT2D eigenvalue weighted by atomic mass is 32.2. The van der Waals surface area contributed by atoms with E-state index in [4.69, 9.17) is 4.74 Å². The molecule has 1 aromatic carbocycles. The van der Waals surface area contributed by atoms with Gasteiger partial charge in [-0.1, -0.05) is 20.8 Å². The van der Waals surface area contributed by atoms with Crippen LogP contribution in [0.15, 0.2) is 35.4 Å². The van der Waals surface area contributed by atoms with Gasteiger partial charge in [0.25, 0.3) is 0 Å². The van der Waals surface area contributed by atoms with Crippen molar-refractivity contribution in [2.45, 2.75) is 64.6 Å². The van der Waals surface area contributed by atoms with E-state index >= 15 is 0 Å². The molecular weight excluding hydrogens is 482 g/mol. The molecule has 0 atom stereocenters. The number of anilines is 1. The predicted molar refractivity (Wildman–Crippen MR) is 141 cm³/mol. The van der Waals surface area contributed by atoms with Crippen LogP contribution in [0.5, 0.6) is 0 Å². The summed E-state index contributed by atoms with van der Waals surface area (Å²) < 4.78 is 5.33. The third kappa shape index (κ3) is 11.2. The Kier molecular flexibility index (Phi) is 10.9. The molecule has 0 aliphatic heterocycles. The molecule has 5 N–H and O–H groups in total. The number of hydrogen-bond donors (Lipinski definition) is 5. The van der Waals surface area contributed by atoms with Gasteiger partial charge in [-0.25, -0.2) is 4.98 Å². The number of nitrogens with zero attached hydrogens (tertiary/aromatic N) is 1. The molecule has 0 saturated carbocycles. The fourth-order valence-corrected chi connectivity index (χ4v) is 3.83. The number of amides is 3. The van der Waals surface area contributed by atoms with E-state index in [1.807, 2.05) is 32.0 Å². The van der Waals surface area contributed by atoms with Crippen molar-refractivity contribution >= 4 is 46.5 Å². The van der Waals surface area contributed by atoms with E-state index in [1.165, 1.54) is 26.1 Å². The first kappa shape index (κ1) is 29.3. The predicted octanol–water partition coefficient (Wildman–Crippen LogP) is 3.30. The zero-order valence-electron chi connectivity index (χ0n) is 21.6. The second-order valence-electron chi connectivity index (χ2n) is 9.68. The second-order valence-corrected chi connectivity index (χ2v) is 10.8. The van der Waals surface area contributed by atoms with Crippen molar-refractivity contribution < 1.29 is 24.2 Å². The van der Waals surface area contributed by atoms with Gasteiger partial charge < -0.3 is 25.5 Å². The normalized spacial score (nSPS) is 12.2. The van der Waals surface area contributed by atoms with Crippen molar-refractivity contribution in [1.82, 2.24) is 20.6 Å². The number of H-pyrrole nitrogens is 1. The zero-order valence-corrected chi connectivity index (χ0v) is 22.4. The topological polar surface area (TPSA) is 145 Å². The zero-order chi connectivity index (χ0) is 26.8. The van der Waals surface area contributed by atoms with Crippen LogP contribution in [0.1, 0.15) is 53.9 Å². The molecular formula is C25H37N5O5S. The Morgan fingerprint density at radius 1 is 1.19 bits per heavy atom. The standard InChI is InChI=1S/C25H37N5O5S/c1-6-13-36-17-7-8-18-19(14-17)29-23(28-18)30-21(32)10-12-26-20(31)9-11-27-22(33)15-24(2,3)16-35-25(4,5)34/h7-9,11,14,34H,6,10,12-13,15-16H2,1-5H3,(H,26,31)(H,27,33)(H2,28,29,30,32)/b11-9+. The quantitative estimate of drug-likeness (QED) is 0.146. The van der Waals surface area contributed by atoms with Gasteiger partial charge in [0.15, 0.2) is 5.79 Å². The van der Waals surface area contributed by atoms with Crippen molar-refractivity contribution in [3.05, 3.63) is 30.5 Å². The van der Waals surface area contributed by atoms with Crippen molar-refractivity contribution in [3.63, 3.8) is 0 Å². The lowest BCUT2D eigenvalue weighted by Crippen LogP contribution is -2.34. The number of carbonyl (C=O) groups is 3. The van der Waals surface area contributed by atoms with Gasteiger partial charge in [0.1, 0.15) is 0 Å².